The SMILES string of the molecule is CC1(N)CCCCC1C(=O)NCCc1cc2ccccc2o1.Cl. The van der Waals surface area contributed by atoms with Crippen LogP contribution in [0.5, 0.6) is 0 Å². The second kappa shape index (κ2) is 7.37. The lowest BCUT2D eigenvalue weighted by Gasteiger charge is -2.37. The van der Waals surface area contributed by atoms with Crippen LogP contribution >= 0.6 is 12.4 Å². The number of hydrogen-bond acceptors (Lipinski definition) is 3. The van der Waals surface area contributed by atoms with Crippen molar-refractivity contribution in [2.45, 2.75) is 44.6 Å². The van der Waals surface area contributed by atoms with Crippen molar-refractivity contribution < 1.29 is 9.21 Å². The molecule has 0 spiro atoms. The summed E-state index contributed by atoms with van der Waals surface area (Å²) in [6.07, 6.45) is 4.73. The third-order valence-corrected chi connectivity index (χ3v) is 4.72. The van der Waals surface area contributed by atoms with Crippen molar-refractivity contribution >= 4 is 29.3 Å². The van der Waals surface area contributed by atoms with Gasteiger partial charge in [-0.2, -0.15) is 0 Å². The maximum atomic E-state index is 12.4. The molecule has 2 atom stereocenters. The quantitative estimate of drug-likeness (QED) is 0.898. The summed E-state index contributed by atoms with van der Waals surface area (Å²) in [5.41, 5.74) is 6.80. The Hall–Kier alpha value is -1.52. The monoisotopic (exact) mass is 336 g/mol. The molecule has 2 aromatic rings. The highest BCUT2D eigenvalue weighted by Crippen LogP contribution is 2.31. The first-order valence-electron chi connectivity index (χ1n) is 8.10. The minimum atomic E-state index is -0.373. The van der Waals surface area contributed by atoms with Crippen LogP contribution in [0.3, 0.4) is 0 Å². The molecule has 2 unspecified atom stereocenters. The molecule has 0 saturated heterocycles. The zero-order chi connectivity index (χ0) is 15.6. The summed E-state index contributed by atoms with van der Waals surface area (Å²) in [5.74, 6) is 0.915. The van der Waals surface area contributed by atoms with E-state index in [-0.39, 0.29) is 29.8 Å². The maximum Gasteiger partial charge on any atom is 0.224 e. The van der Waals surface area contributed by atoms with E-state index in [1.807, 2.05) is 37.3 Å². The number of rotatable bonds is 4. The number of carbonyl (C=O) groups is 1. The highest BCUT2D eigenvalue weighted by Gasteiger charge is 2.37. The molecule has 1 aromatic carbocycles. The molecule has 4 nitrogen and oxygen atoms in total. The molecule has 0 radical (unpaired) electrons. The number of carbonyl (C=O) groups excluding carboxylic acids is 1. The van der Waals surface area contributed by atoms with E-state index in [1.165, 1.54) is 0 Å². The molecule has 0 aliphatic heterocycles. The summed E-state index contributed by atoms with van der Waals surface area (Å²) in [6, 6.07) is 9.98. The Bertz CT molecular complexity index is 633. The Balaban J connectivity index is 0.00000192. The number of furan rings is 1. The van der Waals surface area contributed by atoms with Crippen molar-refractivity contribution in [1.82, 2.24) is 5.32 Å². The lowest BCUT2D eigenvalue weighted by atomic mass is 9.74. The van der Waals surface area contributed by atoms with E-state index >= 15 is 0 Å². The van der Waals surface area contributed by atoms with Gasteiger partial charge < -0.3 is 15.5 Å². The molecule has 1 heterocycles. The summed E-state index contributed by atoms with van der Waals surface area (Å²) in [7, 11) is 0. The normalized spacial score (nSPS) is 24.2. The first-order valence-corrected chi connectivity index (χ1v) is 8.10. The van der Waals surface area contributed by atoms with Crippen LogP contribution in [0.4, 0.5) is 0 Å². The first kappa shape index (κ1) is 17.8. The molecule has 0 bridgehead atoms. The molecule has 1 aromatic heterocycles. The second-order valence-electron chi connectivity index (χ2n) is 6.60. The third-order valence-electron chi connectivity index (χ3n) is 4.72. The molecule has 1 saturated carbocycles. The summed E-state index contributed by atoms with van der Waals surface area (Å²) in [5, 5.41) is 4.12. The maximum absolute atomic E-state index is 12.4. The topological polar surface area (TPSA) is 68.3 Å². The summed E-state index contributed by atoms with van der Waals surface area (Å²) in [6.45, 7) is 2.58. The van der Waals surface area contributed by atoms with Gasteiger partial charge in [-0.25, -0.2) is 0 Å². The van der Waals surface area contributed by atoms with Crippen LogP contribution in [0.15, 0.2) is 34.7 Å². The number of benzene rings is 1. The fourth-order valence-electron chi connectivity index (χ4n) is 3.38. The highest BCUT2D eigenvalue weighted by atomic mass is 35.5. The van der Waals surface area contributed by atoms with Gasteiger partial charge in [0.25, 0.3) is 0 Å². The number of fused-ring (bicyclic) bond motifs is 1. The predicted octanol–water partition coefficient (Wildman–Crippen LogP) is 3.42. The number of para-hydroxylation sites is 1. The molecule has 126 valence electrons. The van der Waals surface area contributed by atoms with Gasteiger partial charge in [0.1, 0.15) is 11.3 Å². The minimum absolute atomic E-state index is 0. The van der Waals surface area contributed by atoms with Gasteiger partial charge in [0.2, 0.25) is 5.91 Å². The molecule has 23 heavy (non-hydrogen) atoms. The number of halogens is 1. The number of nitrogens with two attached hydrogens (primary N) is 1. The van der Waals surface area contributed by atoms with Crippen molar-refractivity contribution in [1.29, 1.82) is 0 Å². The van der Waals surface area contributed by atoms with E-state index in [1.54, 1.807) is 0 Å². The zero-order valence-corrected chi connectivity index (χ0v) is 14.3. The molecule has 1 fully saturated rings. The first-order chi connectivity index (χ1) is 10.6. The van der Waals surface area contributed by atoms with E-state index in [2.05, 4.69) is 5.32 Å². The van der Waals surface area contributed by atoms with Crippen LogP contribution in [0.25, 0.3) is 11.0 Å². The molecule has 1 amide bonds. The average Bonchev–Trinajstić information content (AvgIpc) is 2.89. The summed E-state index contributed by atoms with van der Waals surface area (Å²) in [4.78, 5) is 12.4. The van der Waals surface area contributed by atoms with Gasteiger partial charge >= 0.3 is 0 Å². The Morgan fingerprint density at radius 2 is 2.17 bits per heavy atom. The molecule has 3 rings (SSSR count). The van der Waals surface area contributed by atoms with Crippen molar-refractivity contribution in [3.8, 4) is 0 Å². The van der Waals surface area contributed by atoms with Crippen molar-refractivity contribution in [2.75, 3.05) is 6.54 Å². The molecule has 1 aliphatic rings. The van der Waals surface area contributed by atoms with Crippen LogP contribution in [-0.4, -0.2) is 18.0 Å². The Morgan fingerprint density at radius 3 is 2.91 bits per heavy atom. The lowest BCUT2D eigenvalue weighted by Crippen LogP contribution is -2.53. The Labute approximate surface area is 143 Å². The smallest absolute Gasteiger partial charge is 0.224 e. The van der Waals surface area contributed by atoms with Crippen molar-refractivity contribution in [3.63, 3.8) is 0 Å². The van der Waals surface area contributed by atoms with Crippen LogP contribution in [-0.2, 0) is 11.2 Å². The van der Waals surface area contributed by atoms with Gasteiger partial charge in [0.15, 0.2) is 0 Å². The van der Waals surface area contributed by atoms with E-state index in [0.29, 0.717) is 13.0 Å². The van der Waals surface area contributed by atoms with Crippen LogP contribution in [0.1, 0.15) is 38.4 Å². The number of amides is 1. The fraction of sp³-hybridized carbons (Fsp3) is 0.500. The number of nitrogens with one attached hydrogen (secondary N) is 1. The Morgan fingerprint density at radius 1 is 1.39 bits per heavy atom. The van der Waals surface area contributed by atoms with Crippen LogP contribution < -0.4 is 11.1 Å². The van der Waals surface area contributed by atoms with Crippen molar-refractivity contribution in [2.24, 2.45) is 11.7 Å². The summed E-state index contributed by atoms with van der Waals surface area (Å²) >= 11 is 0. The standard InChI is InChI=1S/C18H24N2O2.ClH/c1-18(19)10-5-4-7-15(18)17(21)20-11-9-14-12-13-6-2-3-8-16(13)22-14;/h2-3,6,8,12,15H,4-5,7,9-11,19H2,1H3,(H,20,21);1H. The molecule has 1 aliphatic carbocycles. The average molecular weight is 337 g/mol. The molecular weight excluding hydrogens is 312 g/mol. The predicted molar refractivity (Wildman–Crippen MR) is 94.7 cm³/mol. The molecule has 3 N–H and O–H groups in total. The van der Waals surface area contributed by atoms with Gasteiger partial charge in [0, 0.05) is 23.9 Å². The van der Waals surface area contributed by atoms with Crippen LogP contribution in [0, 0.1) is 5.92 Å². The van der Waals surface area contributed by atoms with Gasteiger partial charge in [0.05, 0.1) is 5.92 Å². The highest BCUT2D eigenvalue weighted by molar-refractivity contribution is 5.85. The minimum Gasteiger partial charge on any atom is -0.461 e. The molecule has 5 heteroatoms. The Kier molecular flexibility index (Phi) is 5.71. The largest absolute Gasteiger partial charge is 0.461 e. The summed E-state index contributed by atoms with van der Waals surface area (Å²) < 4.78 is 5.76. The van der Waals surface area contributed by atoms with Gasteiger partial charge in [-0.15, -0.1) is 12.4 Å². The van der Waals surface area contributed by atoms with Gasteiger partial charge in [-0.3, -0.25) is 4.79 Å². The lowest BCUT2D eigenvalue weighted by molar-refractivity contribution is -0.128. The van der Waals surface area contributed by atoms with E-state index < -0.39 is 0 Å². The van der Waals surface area contributed by atoms with Crippen molar-refractivity contribution in [3.05, 3.63) is 36.1 Å². The number of hydrogen-bond donors (Lipinski definition) is 2. The second-order valence-corrected chi connectivity index (χ2v) is 6.60. The van der Waals surface area contributed by atoms with E-state index in [9.17, 15) is 4.79 Å². The van der Waals surface area contributed by atoms with E-state index in [4.69, 9.17) is 10.2 Å². The third kappa shape index (κ3) is 4.06. The zero-order valence-electron chi connectivity index (χ0n) is 13.5. The van der Waals surface area contributed by atoms with Gasteiger partial charge in [-0.05, 0) is 31.9 Å². The molecular formula is C18H25ClN2O2. The van der Waals surface area contributed by atoms with Gasteiger partial charge in [-0.1, -0.05) is 31.0 Å². The van der Waals surface area contributed by atoms with E-state index in [0.717, 1.165) is 42.4 Å². The fourth-order valence-corrected chi connectivity index (χ4v) is 3.38. The van der Waals surface area contributed by atoms with Crippen LogP contribution in [0.2, 0.25) is 0 Å².